The van der Waals surface area contributed by atoms with E-state index in [-0.39, 0.29) is 11.4 Å². The zero-order valence-corrected chi connectivity index (χ0v) is 16.8. The molecule has 0 atom stereocenters. The van der Waals surface area contributed by atoms with Gasteiger partial charge >= 0.3 is 0 Å². The molecule has 5 nitrogen and oxygen atoms in total. The fourth-order valence-corrected chi connectivity index (χ4v) is 4.18. The quantitative estimate of drug-likeness (QED) is 0.487. The van der Waals surface area contributed by atoms with Crippen LogP contribution >= 0.6 is 0 Å². The van der Waals surface area contributed by atoms with Gasteiger partial charge < -0.3 is 5.32 Å². The molecule has 0 saturated heterocycles. The van der Waals surface area contributed by atoms with Crippen LogP contribution in [-0.4, -0.2) is 13.4 Å². The first kappa shape index (κ1) is 19.1. The molecule has 1 aromatic heterocycles. The van der Waals surface area contributed by atoms with Gasteiger partial charge in [0.2, 0.25) is 10.0 Å². The third-order valence-electron chi connectivity index (χ3n) is 4.64. The number of pyridine rings is 1. The Morgan fingerprint density at radius 2 is 1.72 bits per heavy atom. The van der Waals surface area contributed by atoms with Crippen LogP contribution in [0.5, 0.6) is 0 Å². The van der Waals surface area contributed by atoms with E-state index in [0.717, 1.165) is 21.9 Å². The number of anilines is 2. The summed E-state index contributed by atoms with van der Waals surface area (Å²) in [6.07, 6.45) is 1.74. The van der Waals surface area contributed by atoms with Crippen LogP contribution in [0.2, 0.25) is 0 Å². The Kier molecular flexibility index (Phi) is 5.29. The molecule has 0 bridgehead atoms. The van der Waals surface area contributed by atoms with Crippen LogP contribution in [0.15, 0.2) is 90.0 Å². The maximum atomic E-state index is 12.7. The topological polar surface area (TPSA) is 71.1 Å². The highest BCUT2D eigenvalue weighted by Crippen LogP contribution is 2.26. The molecule has 4 rings (SSSR count). The molecule has 0 amide bonds. The minimum Gasteiger partial charge on any atom is -0.340 e. The number of hydrogen-bond donors (Lipinski definition) is 2. The van der Waals surface area contributed by atoms with Gasteiger partial charge in [0, 0.05) is 23.8 Å². The fourth-order valence-electron chi connectivity index (χ4n) is 3.12. The van der Waals surface area contributed by atoms with E-state index in [2.05, 4.69) is 27.2 Å². The lowest BCUT2D eigenvalue weighted by Gasteiger charge is -2.12. The van der Waals surface area contributed by atoms with Crippen LogP contribution in [0.1, 0.15) is 11.1 Å². The lowest BCUT2D eigenvalue weighted by Crippen LogP contribution is -2.23. The van der Waals surface area contributed by atoms with Crippen molar-refractivity contribution in [3.8, 4) is 0 Å². The Hall–Kier alpha value is -3.22. The first-order valence-corrected chi connectivity index (χ1v) is 10.8. The maximum absolute atomic E-state index is 12.7. The summed E-state index contributed by atoms with van der Waals surface area (Å²) in [5.74, 6) is 0.693. The second-order valence-corrected chi connectivity index (χ2v) is 8.61. The second-order valence-electron chi connectivity index (χ2n) is 6.85. The van der Waals surface area contributed by atoms with Crippen LogP contribution in [0.3, 0.4) is 0 Å². The van der Waals surface area contributed by atoms with E-state index in [9.17, 15) is 8.42 Å². The molecule has 146 valence electrons. The molecule has 3 aromatic carbocycles. The van der Waals surface area contributed by atoms with E-state index in [4.69, 9.17) is 0 Å². The standard InChI is InChI=1S/C23H21N3O2S/c1-17-10-11-19-12-13-24-23(22(19)14-17)26-20-8-5-9-21(15-20)29(27,28)25-16-18-6-3-2-4-7-18/h2-15,25H,16H2,1H3,(H,24,26). The van der Waals surface area contributed by atoms with Gasteiger partial charge in [0.25, 0.3) is 0 Å². The predicted molar refractivity (Wildman–Crippen MR) is 117 cm³/mol. The number of sulfonamides is 1. The molecule has 0 radical (unpaired) electrons. The molecule has 1 heterocycles. The van der Waals surface area contributed by atoms with Crippen molar-refractivity contribution >= 4 is 32.3 Å². The van der Waals surface area contributed by atoms with Gasteiger partial charge in [-0.05, 0) is 48.2 Å². The van der Waals surface area contributed by atoms with Crippen molar-refractivity contribution in [2.75, 3.05) is 5.32 Å². The lowest BCUT2D eigenvalue weighted by molar-refractivity contribution is 0.581. The summed E-state index contributed by atoms with van der Waals surface area (Å²) < 4.78 is 28.1. The SMILES string of the molecule is Cc1ccc2ccnc(Nc3cccc(S(=O)(=O)NCc4ccccc4)c3)c2c1. The predicted octanol–water partition coefficient (Wildman–Crippen LogP) is 4.77. The van der Waals surface area contributed by atoms with E-state index in [1.807, 2.05) is 55.5 Å². The number of hydrogen-bond acceptors (Lipinski definition) is 4. The Labute approximate surface area is 170 Å². The Morgan fingerprint density at radius 3 is 2.55 bits per heavy atom. The summed E-state index contributed by atoms with van der Waals surface area (Å²) in [5.41, 5.74) is 2.70. The molecule has 0 unspecified atom stereocenters. The summed E-state index contributed by atoms with van der Waals surface area (Å²) >= 11 is 0. The van der Waals surface area contributed by atoms with Gasteiger partial charge in [0.1, 0.15) is 5.82 Å². The van der Waals surface area contributed by atoms with E-state index < -0.39 is 10.0 Å². The van der Waals surface area contributed by atoms with Gasteiger partial charge in [-0.15, -0.1) is 0 Å². The molecule has 0 aliphatic carbocycles. The van der Waals surface area contributed by atoms with Crippen molar-refractivity contribution < 1.29 is 8.42 Å². The fraction of sp³-hybridized carbons (Fsp3) is 0.0870. The smallest absolute Gasteiger partial charge is 0.240 e. The molecule has 0 fully saturated rings. The van der Waals surface area contributed by atoms with Gasteiger partial charge in [0.15, 0.2) is 0 Å². The number of nitrogens with one attached hydrogen (secondary N) is 2. The second kappa shape index (κ2) is 8.03. The molecule has 0 aliphatic rings. The van der Waals surface area contributed by atoms with Crippen molar-refractivity contribution in [3.05, 3.63) is 96.2 Å². The van der Waals surface area contributed by atoms with Crippen molar-refractivity contribution in [2.45, 2.75) is 18.4 Å². The molecular weight excluding hydrogens is 382 g/mol. The Morgan fingerprint density at radius 1 is 0.897 bits per heavy atom. The summed E-state index contributed by atoms with van der Waals surface area (Å²) in [5, 5.41) is 5.32. The van der Waals surface area contributed by atoms with Crippen LogP contribution < -0.4 is 10.0 Å². The molecule has 0 aliphatic heterocycles. The van der Waals surface area contributed by atoms with Crippen LogP contribution in [0, 0.1) is 6.92 Å². The summed E-state index contributed by atoms with van der Waals surface area (Å²) in [7, 11) is -3.63. The van der Waals surface area contributed by atoms with Crippen LogP contribution in [0.4, 0.5) is 11.5 Å². The monoisotopic (exact) mass is 403 g/mol. The van der Waals surface area contributed by atoms with Crippen molar-refractivity contribution in [1.29, 1.82) is 0 Å². The lowest BCUT2D eigenvalue weighted by atomic mass is 10.1. The van der Waals surface area contributed by atoms with E-state index in [0.29, 0.717) is 11.5 Å². The number of rotatable bonds is 6. The molecule has 29 heavy (non-hydrogen) atoms. The zero-order chi connectivity index (χ0) is 20.3. The normalized spacial score (nSPS) is 11.5. The van der Waals surface area contributed by atoms with Gasteiger partial charge in [-0.25, -0.2) is 18.1 Å². The molecule has 6 heteroatoms. The Balaban J connectivity index is 1.58. The van der Waals surface area contributed by atoms with Crippen LogP contribution in [-0.2, 0) is 16.6 Å². The first-order chi connectivity index (χ1) is 14.0. The average Bonchev–Trinajstić information content (AvgIpc) is 2.74. The number of fused-ring (bicyclic) bond motifs is 1. The minimum atomic E-state index is -3.63. The van der Waals surface area contributed by atoms with E-state index in [1.54, 1.807) is 24.4 Å². The number of nitrogens with zero attached hydrogens (tertiary/aromatic N) is 1. The largest absolute Gasteiger partial charge is 0.340 e. The highest BCUT2D eigenvalue weighted by Gasteiger charge is 2.14. The number of aryl methyl sites for hydroxylation is 1. The summed E-state index contributed by atoms with van der Waals surface area (Å²) in [6, 6.07) is 24.3. The first-order valence-electron chi connectivity index (χ1n) is 9.27. The van der Waals surface area contributed by atoms with Crippen molar-refractivity contribution in [1.82, 2.24) is 9.71 Å². The van der Waals surface area contributed by atoms with Crippen molar-refractivity contribution in [3.63, 3.8) is 0 Å². The van der Waals surface area contributed by atoms with Crippen molar-refractivity contribution in [2.24, 2.45) is 0 Å². The highest BCUT2D eigenvalue weighted by atomic mass is 32.2. The van der Waals surface area contributed by atoms with E-state index in [1.165, 1.54) is 0 Å². The molecule has 4 aromatic rings. The molecule has 0 saturated carbocycles. The molecular formula is C23H21N3O2S. The third-order valence-corrected chi connectivity index (χ3v) is 6.04. The summed E-state index contributed by atoms with van der Waals surface area (Å²) in [6.45, 7) is 2.27. The molecule has 2 N–H and O–H groups in total. The highest BCUT2D eigenvalue weighted by molar-refractivity contribution is 7.89. The number of aromatic nitrogens is 1. The Bertz CT molecular complexity index is 1260. The molecule has 0 spiro atoms. The zero-order valence-electron chi connectivity index (χ0n) is 16.0. The van der Waals surface area contributed by atoms with Gasteiger partial charge in [-0.3, -0.25) is 0 Å². The number of benzene rings is 3. The van der Waals surface area contributed by atoms with E-state index >= 15 is 0 Å². The maximum Gasteiger partial charge on any atom is 0.240 e. The summed E-state index contributed by atoms with van der Waals surface area (Å²) in [4.78, 5) is 4.64. The average molecular weight is 404 g/mol. The third kappa shape index (κ3) is 4.45. The van der Waals surface area contributed by atoms with Gasteiger partial charge in [0.05, 0.1) is 4.90 Å². The van der Waals surface area contributed by atoms with Crippen LogP contribution in [0.25, 0.3) is 10.8 Å². The minimum absolute atomic E-state index is 0.204. The van der Waals surface area contributed by atoms with Gasteiger partial charge in [-0.2, -0.15) is 0 Å². The van der Waals surface area contributed by atoms with Gasteiger partial charge in [-0.1, -0.05) is 54.1 Å².